The Kier molecular flexibility index (Phi) is 3.80. The van der Waals surface area contributed by atoms with Gasteiger partial charge in [0.1, 0.15) is 5.60 Å². The van der Waals surface area contributed by atoms with E-state index in [9.17, 15) is 4.79 Å². The molecule has 0 atom stereocenters. The topological polar surface area (TPSA) is 73.4 Å². The maximum absolute atomic E-state index is 12.1. The lowest BCUT2D eigenvalue weighted by Crippen LogP contribution is -2.41. The zero-order valence-electron chi connectivity index (χ0n) is 11.8. The fourth-order valence-electron chi connectivity index (χ4n) is 2.15. The maximum Gasteiger partial charge on any atom is 0.410 e. The normalized spacial score (nSPS) is 15.3. The van der Waals surface area contributed by atoms with Gasteiger partial charge in [0.15, 0.2) is 0 Å². The molecule has 2 N–H and O–H groups in total. The van der Waals surface area contributed by atoms with E-state index in [4.69, 9.17) is 10.5 Å². The SMILES string of the molecule is CC(C)(C)OC(=O)N1CCn2ncc(CCN)c2C1. The summed E-state index contributed by atoms with van der Waals surface area (Å²) in [6.45, 7) is 8.09. The van der Waals surface area contributed by atoms with E-state index in [2.05, 4.69) is 5.10 Å². The number of nitrogens with zero attached hydrogens (tertiary/aromatic N) is 3. The highest BCUT2D eigenvalue weighted by Gasteiger charge is 2.27. The van der Waals surface area contributed by atoms with Gasteiger partial charge in [-0.05, 0) is 39.3 Å². The number of carbonyl (C=O) groups excluding carboxylic acids is 1. The number of ether oxygens (including phenoxy) is 1. The summed E-state index contributed by atoms with van der Waals surface area (Å²) in [6.07, 6.45) is 2.37. The highest BCUT2D eigenvalue weighted by Crippen LogP contribution is 2.19. The molecule has 0 bridgehead atoms. The molecular formula is C13H22N4O2. The molecule has 2 rings (SSSR count). The molecule has 1 aliphatic rings. The van der Waals surface area contributed by atoms with Crippen LogP contribution < -0.4 is 5.73 Å². The molecule has 1 aromatic heterocycles. The lowest BCUT2D eigenvalue weighted by molar-refractivity contribution is 0.0194. The van der Waals surface area contributed by atoms with Gasteiger partial charge < -0.3 is 15.4 Å². The Morgan fingerprint density at radius 3 is 2.84 bits per heavy atom. The summed E-state index contributed by atoms with van der Waals surface area (Å²) in [5.74, 6) is 0. The third-order valence-corrected chi connectivity index (χ3v) is 3.02. The second kappa shape index (κ2) is 5.21. The van der Waals surface area contributed by atoms with Crippen molar-refractivity contribution in [1.29, 1.82) is 0 Å². The Hall–Kier alpha value is -1.56. The molecule has 1 amide bonds. The first-order chi connectivity index (χ1) is 8.90. The minimum atomic E-state index is -0.463. The van der Waals surface area contributed by atoms with Gasteiger partial charge in [-0.25, -0.2) is 4.79 Å². The van der Waals surface area contributed by atoms with Crippen LogP contribution in [-0.2, 0) is 24.2 Å². The van der Waals surface area contributed by atoms with Gasteiger partial charge in [-0.15, -0.1) is 0 Å². The summed E-state index contributed by atoms with van der Waals surface area (Å²) >= 11 is 0. The minimum absolute atomic E-state index is 0.265. The van der Waals surface area contributed by atoms with Crippen molar-refractivity contribution in [1.82, 2.24) is 14.7 Å². The molecule has 0 fully saturated rings. The first-order valence-corrected chi connectivity index (χ1v) is 6.62. The van der Waals surface area contributed by atoms with Crippen molar-refractivity contribution in [3.8, 4) is 0 Å². The molecule has 106 valence electrons. The van der Waals surface area contributed by atoms with Crippen LogP contribution in [0.15, 0.2) is 6.20 Å². The molecule has 0 aromatic carbocycles. The van der Waals surface area contributed by atoms with Crippen molar-refractivity contribution < 1.29 is 9.53 Å². The van der Waals surface area contributed by atoms with Gasteiger partial charge in [0.25, 0.3) is 0 Å². The maximum atomic E-state index is 12.1. The number of rotatable bonds is 2. The predicted octanol–water partition coefficient (Wildman–Crippen LogP) is 1.13. The highest BCUT2D eigenvalue weighted by atomic mass is 16.6. The second-order valence-corrected chi connectivity index (χ2v) is 5.78. The van der Waals surface area contributed by atoms with E-state index in [1.807, 2.05) is 31.6 Å². The number of nitrogens with two attached hydrogens (primary N) is 1. The summed E-state index contributed by atoms with van der Waals surface area (Å²) in [5, 5.41) is 4.33. The van der Waals surface area contributed by atoms with E-state index >= 15 is 0 Å². The van der Waals surface area contributed by atoms with Crippen molar-refractivity contribution in [2.24, 2.45) is 5.73 Å². The lowest BCUT2D eigenvalue weighted by Gasteiger charge is -2.30. The molecule has 0 radical (unpaired) electrons. The van der Waals surface area contributed by atoms with Gasteiger partial charge in [0, 0.05) is 6.54 Å². The van der Waals surface area contributed by atoms with Crippen LogP contribution in [0.4, 0.5) is 4.79 Å². The third-order valence-electron chi connectivity index (χ3n) is 3.02. The third kappa shape index (κ3) is 3.26. The summed E-state index contributed by atoms with van der Waals surface area (Å²) in [5.41, 5.74) is 7.32. The Bertz CT molecular complexity index is 462. The molecule has 1 aromatic rings. The van der Waals surface area contributed by atoms with Crippen molar-refractivity contribution in [3.63, 3.8) is 0 Å². The van der Waals surface area contributed by atoms with Crippen LogP contribution in [0.1, 0.15) is 32.0 Å². The van der Waals surface area contributed by atoms with E-state index in [1.54, 1.807) is 4.90 Å². The second-order valence-electron chi connectivity index (χ2n) is 5.78. The first-order valence-electron chi connectivity index (χ1n) is 6.62. The van der Waals surface area contributed by atoms with Crippen molar-refractivity contribution in [2.75, 3.05) is 13.1 Å². The van der Waals surface area contributed by atoms with Gasteiger partial charge in [0.05, 0.1) is 25.0 Å². The average molecular weight is 266 g/mol. The van der Waals surface area contributed by atoms with E-state index < -0.39 is 5.60 Å². The highest BCUT2D eigenvalue weighted by molar-refractivity contribution is 5.68. The van der Waals surface area contributed by atoms with Crippen LogP contribution in [0.5, 0.6) is 0 Å². The number of hydrogen-bond donors (Lipinski definition) is 1. The Balaban J connectivity index is 2.08. The van der Waals surface area contributed by atoms with Crippen molar-refractivity contribution >= 4 is 6.09 Å². The van der Waals surface area contributed by atoms with Crippen LogP contribution in [-0.4, -0.2) is 39.5 Å². The molecule has 19 heavy (non-hydrogen) atoms. The fourth-order valence-corrected chi connectivity index (χ4v) is 2.15. The van der Waals surface area contributed by atoms with E-state index in [0.717, 1.165) is 17.7 Å². The molecule has 0 unspecified atom stereocenters. The fraction of sp³-hybridized carbons (Fsp3) is 0.692. The minimum Gasteiger partial charge on any atom is -0.444 e. The standard InChI is InChI=1S/C13H22N4O2/c1-13(2,3)19-12(18)16-6-7-17-11(9-16)10(4-5-14)8-15-17/h8H,4-7,9,14H2,1-3H3. The summed E-state index contributed by atoms with van der Waals surface area (Å²) in [4.78, 5) is 13.8. The van der Waals surface area contributed by atoms with Gasteiger partial charge in [-0.1, -0.05) is 0 Å². The van der Waals surface area contributed by atoms with Crippen LogP contribution in [0, 0.1) is 0 Å². The molecule has 0 spiro atoms. The van der Waals surface area contributed by atoms with E-state index in [0.29, 0.717) is 26.2 Å². The molecule has 0 aliphatic carbocycles. The molecule has 6 nitrogen and oxygen atoms in total. The van der Waals surface area contributed by atoms with E-state index in [-0.39, 0.29) is 6.09 Å². The molecule has 1 aliphatic heterocycles. The summed E-state index contributed by atoms with van der Waals surface area (Å²) in [7, 11) is 0. The van der Waals surface area contributed by atoms with Crippen LogP contribution in [0.2, 0.25) is 0 Å². The zero-order valence-corrected chi connectivity index (χ0v) is 11.8. The number of aromatic nitrogens is 2. The Morgan fingerprint density at radius 1 is 1.47 bits per heavy atom. The molecule has 0 saturated heterocycles. The monoisotopic (exact) mass is 266 g/mol. The average Bonchev–Trinajstić information content (AvgIpc) is 2.70. The van der Waals surface area contributed by atoms with Gasteiger partial charge >= 0.3 is 6.09 Å². The summed E-state index contributed by atoms with van der Waals surface area (Å²) in [6, 6.07) is 0. The molecule has 6 heteroatoms. The number of hydrogen-bond acceptors (Lipinski definition) is 4. The smallest absolute Gasteiger partial charge is 0.410 e. The van der Waals surface area contributed by atoms with Crippen molar-refractivity contribution in [3.05, 3.63) is 17.5 Å². The predicted molar refractivity (Wildman–Crippen MR) is 71.6 cm³/mol. The molecule has 2 heterocycles. The van der Waals surface area contributed by atoms with E-state index in [1.165, 1.54) is 0 Å². The van der Waals surface area contributed by atoms with Crippen LogP contribution >= 0.6 is 0 Å². The Morgan fingerprint density at radius 2 is 2.21 bits per heavy atom. The Labute approximate surface area is 113 Å². The first kappa shape index (κ1) is 13.9. The van der Waals surface area contributed by atoms with Gasteiger partial charge in [0.2, 0.25) is 0 Å². The van der Waals surface area contributed by atoms with Crippen molar-refractivity contribution in [2.45, 2.75) is 45.9 Å². The zero-order chi connectivity index (χ0) is 14.0. The number of fused-ring (bicyclic) bond motifs is 1. The largest absolute Gasteiger partial charge is 0.444 e. The van der Waals surface area contributed by atoms with Crippen LogP contribution in [0.3, 0.4) is 0 Å². The molecule has 0 saturated carbocycles. The van der Waals surface area contributed by atoms with Gasteiger partial charge in [-0.2, -0.15) is 5.10 Å². The summed E-state index contributed by atoms with van der Waals surface area (Å²) < 4.78 is 7.35. The number of carbonyl (C=O) groups is 1. The quantitative estimate of drug-likeness (QED) is 0.871. The molecular weight excluding hydrogens is 244 g/mol. The van der Waals surface area contributed by atoms with Gasteiger partial charge in [-0.3, -0.25) is 4.68 Å². The lowest BCUT2D eigenvalue weighted by atomic mass is 10.1. The van der Waals surface area contributed by atoms with Crippen LogP contribution in [0.25, 0.3) is 0 Å². The number of amides is 1.